The van der Waals surface area contributed by atoms with E-state index in [1.807, 2.05) is 24.3 Å². The number of likely N-dealkylation sites (tertiary alicyclic amines) is 1. The molecule has 0 saturated carbocycles. The predicted octanol–water partition coefficient (Wildman–Crippen LogP) is 3.63. The number of aliphatic hydroxyl groups is 1. The Balaban J connectivity index is 1.43. The van der Waals surface area contributed by atoms with Crippen LogP contribution in [0.2, 0.25) is 0 Å². The number of fused-ring (bicyclic) bond motifs is 2. The molecule has 2 atom stereocenters. The van der Waals surface area contributed by atoms with Crippen molar-refractivity contribution in [2.45, 2.75) is 70.1 Å². The van der Waals surface area contributed by atoms with E-state index >= 15 is 0 Å². The number of nitrogens with zero attached hydrogens (tertiary/aromatic N) is 2. The molecule has 3 saturated heterocycles. The lowest BCUT2D eigenvalue weighted by atomic mass is 9.79. The van der Waals surface area contributed by atoms with E-state index < -0.39 is 5.60 Å². The molecule has 3 aliphatic rings. The van der Waals surface area contributed by atoms with Gasteiger partial charge < -0.3 is 14.7 Å². The highest BCUT2D eigenvalue weighted by molar-refractivity contribution is 5.32. The summed E-state index contributed by atoms with van der Waals surface area (Å²) in [6, 6.07) is 9.06. The molecule has 150 valence electrons. The van der Waals surface area contributed by atoms with E-state index in [2.05, 4.69) is 23.6 Å². The van der Waals surface area contributed by atoms with Crippen molar-refractivity contribution in [3.8, 4) is 5.75 Å². The summed E-state index contributed by atoms with van der Waals surface area (Å²) in [5.74, 6) is 0.853. The maximum Gasteiger partial charge on any atom is 0.118 e. The molecule has 0 radical (unpaired) electrons. The Hall–Kier alpha value is -1.10. The van der Waals surface area contributed by atoms with Gasteiger partial charge in [0, 0.05) is 25.2 Å². The first-order chi connectivity index (χ1) is 12.9. The first kappa shape index (κ1) is 19.2. The summed E-state index contributed by atoms with van der Waals surface area (Å²) < 4.78 is 5.28. The van der Waals surface area contributed by atoms with Crippen molar-refractivity contribution in [2.75, 3.05) is 33.3 Å². The van der Waals surface area contributed by atoms with Crippen LogP contribution in [-0.4, -0.2) is 60.3 Å². The van der Waals surface area contributed by atoms with Gasteiger partial charge in [-0.2, -0.15) is 0 Å². The second-order valence-electron chi connectivity index (χ2n) is 9.87. The zero-order chi connectivity index (χ0) is 19.1. The summed E-state index contributed by atoms with van der Waals surface area (Å²) in [5.41, 5.74) is 0.672. The van der Waals surface area contributed by atoms with Gasteiger partial charge in [0.15, 0.2) is 0 Å². The Labute approximate surface area is 164 Å². The lowest BCUT2D eigenvalue weighted by Crippen LogP contribution is -2.53. The molecule has 1 aromatic rings. The molecule has 3 fully saturated rings. The molecule has 27 heavy (non-hydrogen) atoms. The molecule has 1 aromatic carbocycles. The SMILES string of the molecule is COc1ccc(C2(O)C[C@@H]3CC[C@@H](C2)N3CC(C)(C)CN2CCCC2)cc1. The Morgan fingerprint density at radius 1 is 1.04 bits per heavy atom. The fourth-order valence-corrected chi connectivity index (χ4v) is 5.80. The highest BCUT2D eigenvalue weighted by atomic mass is 16.5. The summed E-state index contributed by atoms with van der Waals surface area (Å²) in [7, 11) is 1.69. The number of rotatable bonds is 6. The average molecular weight is 373 g/mol. The lowest BCUT2D eigenvalue weighted by Gasteiger charge is -2.47. The molecule has 4 nitrogen and oxygen atoms in total. The van der Waals surface area contributed by atoms with Gasteiger partial charge in [0.2, 0.25) is 0 Å². The third kappa shape index (κ3) is 4.03. The molecule has 0 amide bonds. The number of benzene rings is 1. The van der Waals surface area contributed by atoms with Gasteiger partial charge in [-0.1, -0.05) is 26.0 Å². The lowest BCUT2D eigenvalue weighted by molar-refractivity contribution is -0.0667. The first-order valence-corrected chi connectivity index (χ1v) is 10.7. The van der Waals surface area contributed by atoms with Crippen molar-refractivity contribution in [2.24, 2.45) is 5.41 Å². The standard InChI is InChI=1S/C23H36N2O2/c1-22(2,16-24-12-4-5-13-24)17-25-19-8-9-20(25)15-23(26,14-19)18-6-10-21(27-3)11-7-18/h6-7,10-11,19-20,26H,4-5,8-9,12-17H2,1-3H3/t19-,20-/m0/s1. The molecule has 0 aromatic heterocycles. The van der Waals surface area contributed by atoms with Gasteiger partial charge in [-0.3, -0.25) is 4.90 Å². The Kier molecular flexibility index (Phi) is 5.26. The molecular formula is C23H36N2O2. The number of piperidine rings is 1. The number of hydrogen-bond donors (Lipinski definition) is 1. The molecular weight excluding hydrogens is 336 g/mol. The van der Waals surface area contributed by atoms with Crippen LogP contribution in [-0.2, 0) is 5.60 Å². The minimum Gasteiger partial charge on any atom is -0.497 e. The Morgan fingerprint density at radius 3 is 2.19 bits per heavy atom. The largest absolute Gasteiger partial charge is 0.497 e. The average Bonchev–Trinajstić information content (AvgIpc) is 3.21. The fraction of sp³-hybridized carbons (Fsp3) is 0.739. The second kappa shape index (κ2) is 7.38. The van der Waals surface area contributed by atoms with Gasteiger partial charge in [0.1, 0.15) is 5.75 Å². The molecule has 3 aliphatic heterocycles. The van der Waals surface area contributed by atoms with Crippen molar-refractivity contribution in [1.82, 2.24) is 9.80 Å². The zero-order valence-electron chi connectivity index (χ0n) is 17.3. The smallest absolute Gasteiger partial charge is 0.118 e. The summed E-state index contributed by atoms with van der Waals surface area (Å²) in [4.78, 5) is 5.37. The first-order valence-electron chi connectivity index (χ1n) is 10.7. The molecule has 3 heterocycles. The fourth-order valence-electron chi connectivity index (χ4n) is 5.80. The van der Waals surface area contributed by atoms with E-state index in [4.69, 9.17) is 4.74 Å². The van der Waals surface area contributed by atoms with Crippen molar-refractivity contribution in [1.29, 1.82) is 0 Å². The van der Waals surface area contributed by atoms with E-state index in [-0.39, 0.29) is 0 Å². The van der Waals surface area contributed by atoms with Crippen LogP contribution in [0.3, 0.4) is 0 Å². The van der Waals surface area contributed by atoms with E-state index in [0.717, 1.165) is 30.7 Å². The van der Waals surface area contributed by atoms with Gasteiger partial charge in [0.25, 0.3) is 0 Å². The van der Waals surface area contributed by atoms with E-state index in [1.165, 1.54) is 45.3 Å². The Morgan fingerprint density at radius 2 is 1.63 bits per heavy atom. The molecule has 0 aliphatic carbocycles. The van der Waals surface area contributed by atoms with E-state index in [1.54, 1.807) is 7.11 Å². The van der Waals surface area contributed by atoms with Crippen molar-refractivity contribution in [3.05, 3.63) is 29.8 Å². The topological polar surface area (TPSA) is 35.9 Å². The molecule has 1 N–H and O–H groups in total. The zero-order valence-corrected chi connectivity index (χ0v) is 17.3. The molecule has 2 bridgehead atoms. The van der Waals surface area contributed by atoms with Gasteiger partial charge in [-0.25, -0.2) is 0 Å². The molecule has 0 unspecified atom stereocenters. The van der Waals surface area contributed by atoms with Crippen LogP contribution in [0.5, 0.6) is 5.75 Å². The number of methoxy groups -OCH3 is 1. The van der Waals surface area contributed by atoms with Crippen LogP contribution in [0.25, 0.3) is 0 Å². The highest BCUT2D eigenvalue weighted by Gasteiger charge is 2.49. The summed E-state index contributed by atoms with van der Waals surface area (Å²) >= 11 is 0. The van der Waals surface area contributed by atoms with Gasteiger partial charge >= 0.3 is 0 Å². The van der Waals surface area contributed by atoms with Crippen LogP contribution >= 0.6 is 0 Å². The number of ether oxygens (including phenoxy) is 1. The molecule has 4 rings (SSSR count). The number of hydrogen-bond acceptors (Lipinski definition) is 4. The molecule has 0 spiro atoms. The van der Waals surface area contributed by atoms with Crippen molar-refractivity contribution < 1.29 is 9.84 Å². The quantitative estimate of drug-likeness (QED) is 0.827. The van der Waals surface area contributed by atoms with Gasteiger partial charge in [-0.15, -0.1) is 0 Å². The van der Waals surface area contributed by atoms with Crippen LogP contribution in [0.4, 0.5) is 0 Å². The second-order valence-corrected chi connectivity index (χ2v) is 9.87. The van der Waals surface area contributed by atoms with E-state index in [9.17, 15) is 5.11 Å². The van der Waals surface area contributed by atoms with Crippen LogP contribution in [0, 0.1) is 5.41 Å². The summed E-state index contributed by atoms with van der Waals surface area (Å²) in [6.07, 6.45) is 6.89. The normalized spacial score (nSPS) is 32.1. The summed E-state index contributed by atoms with van der Waals surface area (Å²) in [5, 5.41) is 11.5. The van der Waals surface area contributed by atoms with Crippen LogP contribution in [0.1, 0.15) is 57.9 Å². The minimum atomic E-state index is -0.687. The van der Waals surface area contributed by atoms with Crippen molar-refractivity contribution >= 4 is 0 Å². The monoisotopic (exact) mass is 372 g/mol. The third-order valence-electron chi connectivity index (χ3n) is 7.01. The van der Waals surface area contributed by atoms with Crippen molar-refractivity contribution in [3.63, 3.8) is 0 Å². The van der Waals surface area contributed by atoms with E-state index in [0.29, 0.717) is 17.5 Å². The maximum atomic E-state index is 11.5. The summed E-state index contributed by atoms with van der Waals surface area (Å²) in [6.45, 7) is 9.74. The van der Waals surface area contributed by atoms with Gasteiger partial charge in [-0.05, 0) is 74.7 Å². The highest BCUT2D eigenvalue weighted by Crippen LogP contribution is 2.46. The Bertz CT molecular complexity index is 622. The van der Waals surface area contributed by atoms with Gasteiger partial charge in [0.05, 0.1) is 12.7 Å². The van der Waals surface area contributed by atoms with Crippen LogP contribution < -0.4 is 4.74 Å². The minimum absolute atomic E-state index is 0.306. The predicted molar refractivity (Wildman–Crippen MR) is 109 cm³/mol. The molecule has 4 heteroatoms. The third-order valence-corrected chi connectivity index (χ3v) is 7.01. The van der Waals surface area contributed by atoms with Crippen LogP contribution in [0.15, 0.2) is 24.3 Å². The maximum absolute atomic E-state index is 11.5.